The van der Waals surface area contributed by atoms with E-state index in [4.69, 9.17) is 5.73 Å². The zero-order valence-electron chi connectivity index (χ0n) is 8.86. The summed E-state index contributed by atoms with van der Waals surface area (Å²) in [6.45, 7) is 2.83. The van der Waals surface area contributed by atoms with E-state index >= 15 is 0 Å². The van der Waals surface area contributed by atoms with Gasteiger partial charge in [-0.3, -0.25) is 0 Å². The van der Waals surface area contributed by atoms with Gasteiger partial charge in [0.15, 0.2) is 0 Å². The molecule has 3 nitrogen and oxygen atoms in total. The highest BCUT2D eigenvalue weighted by Gasteiger charge is 2.32. The van der Waals surface area contributed by atoms with Crippen LogP contribution in [0.5, 0.6) is 0 Å². The second kappa shape index (κ2) is 4.49. The molecular weight excluding hydrogens is 254 g/mol. The molecule has 0 spiro atoms. The van der Waals surface area contributed by atoms with Crippen molar-refractivity contribution in [1.82, 2.24) is 4.98 Å². The lowest BCUT2D eigenvalue weighted by Gasteiger charge is -2.29. The van der Waals surface area contributed by atoms with E-state index in [1.807, 2.05) is 12.3 Å². The Morgan fingerprint density at radius 2 is 2.33 bits per heavy atom. The van der Waals surface area contributed by atoms with Gasteiger partial charge in [0.2, 0.25) is 0 Å². The summed E-state index contributed by atoms with van der Waals surface area (Å²) in [6.07, 6.45) is 4.37. The number of nitrogens with two attached hydrogens (primary N) is 1. The van der Waals surface area contributed by atoms with E-state index in [1.165, 1.54) is 12.8 Å². The second-order valence-corrected chi connectivity index (χ2v) is 4.97. The van der Waals surface area contributed by atoms with Crippen molar-refractivity contribution in [3.63, 3.8) is 0 Å². The lowest BCUT2D eigenvalue weighted by Crippen LogP contribution is -2.40. The molecule has 2 N–H and O–H groups in total. The molecule has 1 unspecified atom stereocenters. The molecule has 0 aromatic carbocycles. The molecule has 1 aliphatic carbocycles. The van der Waals surface area contributed by atoms with Crippen LogP contribution in [0.1, 0.15) is 19.8 Å². The largest absolute Gasteiger partial charge is 0.350 e. The molecule has 0 amide bonds. The molecular formula is C11H16BrN3. The first-order valence-corrected chi connectivity index (χ1v) is 6.11. The van der Waals surface area contributed by atoms with Crippen LogP contribution in [0.2, 0.25) is 0 Å². The van der Waals surface area contributed by atoms with Crippen molar-refractivity contribution < 1.29 is 0 Å². The smallest absolute Gasteiger partial charge is 0.129 e. The van der Waals surface area contributed by atoms with Crippen molar-refractivity contribution in [3.8, 4) is 0 Å². The standard InChI is InChI=1S/C11H16BrN3/c1-8(6-13)15(10-3-4-10)11-5-2-9(12)7-14-11/h2,5,7-8,10H,3-4,6,13H2,1H3. The lowest BCUT2D eigenvalue weighted by atomic mass is 10.2. The Balaban J connectivity index is 2.20. The van der Waals surface area contributed by atoms with Crippen molar-refractivity contribution in [2.45, 2.75) is 31.8 Å². The van der Waals surface area contributed by atoms with Crippen LogP contribution in [0.25, 0.3) is 0 Å². The summed E-state index contributed by atoms with van der Waals surface area (Å²) < 4.78 is 1.02. The number of nitrogens with zero attached hydrogens (tertiary/aromatic N) is 2. The predicted octanol–water partition coefficient (Wildman–Crippen LogP) is 2.16. The Morgan fingerprint density at radius 3 is 2.80 bits per heavy atom. The highest BCUT2D eigenvalue weighted by Crippen LogP contribution is 2.32. The number of aromatic nitrogens is 1. The van der Waals surface area contributed by atoms with Gasteiger partial charge in [0.1, 0.15) is 5.82 Å². The van der Waals surface area contributed by atoms with Gasteiger partial charge in [-0.05, 0) is 47.8 Å². The lowest BCUT2D eigenvalue weighted by molar-refractivity contribution is 0.629. The first-order chi connectivity index (χ1) is 7.22. The van der Waals surface area contributed by atoms with Crippen LogP contribution in [-0.2, 0) is 0 Å². The number of rotatable bonds is 4. The molecule has 0 aliphatic heterocycles. The van der Waals surface area contributed by atoms with E-state index in [9.17, 15) is 0 Å². The zero-order chi connectivity index (χ0) is 10.8. The summed E-state index contributed by atoms with van der Waals surface area (Å²) in [6, 6.07) is 5.10. The Bertz CT molecular complexity index is 321. The van der Waals surface area contributed by atoms with Crippen LogP contribution < -0.4 is 10.6 Å². The monoisotopic (exact) mass is 269 g/mol. The first-order valence-electron chi connectivity index (χ1n) is 5.32. The van der Waals surface area contributed by atoms with Gasteiger partial charge < -0.3 is 10.6 Å². The van der Waals surface area contributed by atoms with Crippen LogP contribution in [0.4, 0.5) is 5.82 Å². The van der Waals surface area contributed by atoms with E-state index in [0.29, 0.717) is 18.6 Å². The molecule has 1 aromatic heterocycles. The highest BCUT2D eigenvalue weighted by atomic mass is 79.9. The van der Waals surface area contributed by atoms with Crippen LogP contribution in [0, 0.1) is 0 Å². The number of hydrogen-bond acceptors (Lipinski definition) is 3. The van der Waals surface area contributed by atoms with E-state index in [1.54, 1.807) is 0 Å². The molecule has 4 heteroatoms. The van der Waals surface area contributed by atoms with Crippen LogP contribution >= 0.6 is 15.9 Å². The highest BCUT2D eigenvalue weighted by molar-refractivity contribution is 9.10. The summed E-state index contributed by atoms with van der Waals surface area (Å²) in [4.78, 5) is 6.77. The van der Waals surface area contributed by atoms with Gasteiger partial charge in [-0.1, -0.05) is 0 Å². The molecule has 1 heterocycles. The Kier molecular flexibility index (Phi) is 3.26. The average Bonchev–Trinajstić information content (AvgIpc) is 3.05. The maximum absolute atomic E-state index is 5.73. The van der Waals surface area contributed by atoms with Gasteiger partial charge in [0.25, 0.3) is 0 Å². The summed E-state index contributed by atoms with van der Waals surface area (Å²) in [5, 5.41) is 0. The number of halogens is 1. The van der Waals surface area contributed by atoms with Crippen LogP contribution in [0.3, 0.4) is 0 Å². The third kappa shape index (κ3) is 2.49. The maximum Gasteiger partial charge on any atom is 0.129 e. The molecule has 0 saturated heterocycles. The molecule has 1 aromatic rings. The van der Waals surface area contributed by atoms with Gasteiger partial charge in [-0.25, -0.2) is 4.98 Å². The molecule has 15 heavy (non-hydrogen) atoms. The summed E-state index contributed by atoms with van der Waals surface area (Å²) in [5.74, 6) is 1.04. The van der Waals surface area contributed by atoms with Crippen LogP contribution in [0.15, 0.2) is 22.8 Å². The molecule has 1 aliphatic rings. The molecule has 1 saturated carbocycles. The Morgan fingerprint density at radius 1 is 1.60 bits per heavy atom. The topological polar surface area (TPSA) is 42.1 Å². The maximum atomic E-state index is 5.73. The van der Waals surface area contributed by atoms with Gasteiger partial charge in [-0.15, -0.1) is 0 Å². The quantitative estimate of drug-likeness (QED) is 0.911. The minimum absolute atomic E-state index is 0.367. The van der Waals surface area contributed by atoms with E-state index in [-0.39, 0.29) is 0 Å². The molecule has 0 bridgehead atoms. The molecule has 1 atom stereocenters. The minimum atomic E-state index is 0.367. The second-order valence-electron chi connectivity index (χ2n) is 4.06. The molecule has 2 rings (SSSR count). The third-order valence-corrected chi connectivity index (χ3v) is 3.20. The van der Waals surface area contributed by atoms with Crippen molar-refractivity contribution in [3.05, 3.63) is 22.8 Å². The van der Waals surface area contributed by atoms with Crippen molar-refractivity contribution in [1.29, 1.82) is 0 Å². The fourth-order valence-corrected chi connectivity index (χ4v) is 1.99. The van der Waals surface area contributed by atoms with E-state index in [2.05, 4.69) is 38.8 Å². The van der Waals surface area contributed by atoms with Gasteiger partial charge in [0, 0.05) is 29.3 Å². The average molecular weight is 270 g/mol. The van der Waals surface area contributed by atoms with E-state index < -0.39 is 0 Å². The van der Waals surface area contributed by atoms with Crippen molar-refractivity contribution in [2.24, 2.45) is 5.73 Å². The fraction of sp³-hybridized carbons (Fsp3) is 0.545. The van der Waals surface area contributed by atoms with Gasteiger partial charge in [-0.2, -0.15) is 0 Å². The number of pyridine rings is 1. The predicted molar refractivity (Wildman–Crippen MR) is 66.0 cm³/mol. The zero-order valence-corrected chi connectivity index (χ0v) is 10.4. The summed E-state index contributed by atoms with van der Waals surface area (Å²) >= 11 is 3.40. The van der Waals surface area contributed by atoms with Gasteiger partial charge >= 0.3 is 0 Å². The van der Waals surface area contributed by atoms with E-state index in [0.717, 1.165) is 10.3 Å². The Labute approximate surface area is 98.8 Å². The Hall–Kier alpha value is -0.610. The number of hydrogen-bond donors (Lipinski definition) is 1. The van der Waals surface area contributed by atoms with Gasteiger partial charge in [0.05, 0.1) is 0 Å². The molecule has 82 valence electrons. The fourth-order valence-electron chi connectivity index (χ4n) is 1.76. The number of anilines is 1. The third-order valence-electron chi connectivity index (χ3n) is 2.73. The molecule has 0 radical (unpaired) electrons. The van der Waals surface area contributed by atoms with Crippen molar-refractivity contribution in [2.75, 3.05) is 11.4 Å². The summed E-state index contributed by atoms with van der Waals surface area (Å²) in [7, 11) is 0. The van der Waals surface area contributed by atoms with Crippen molar-refractivity contribution >= 4 is 21.7 Å². The first kappa shape index (κ1) is 10.9. The molecule has 1 fully saturated rings. The normalized spacial score (nSPS) is 17.5. The minimum Gasteiger partial charge on any atom is -0.350 e. The SMILES string of the molecule is CC(CN)N(c1ccc(Br)cn1)C1CC1. The summed E-state index contributed by atoms with van der Waals surface area (Å²) in [5.41, 5.74) is 5.73. The van der Waals surface area contributed by atoms with Crippen LogP contribution in [-0.4, -0.2) is 23.6 Å².